The highest BCUT2D eigenvalue weighted by atomic mass is 32.2. The molecule has 7 rings (SSSR count). The van der Waals surface area contributed by atoms with Crippen LogP contribution >= 0.6 is 0 Å². The van der Waals surface area contributed by atoms with Crippen LogP contribution in [0, 0.1) is 17.3 Å². The molecule has 13 nitrogen and oxygen atoms in total. The Balaban J connectivity index is 1.17. The van der Waals surface area contributed by atoms with Gasteiger partial charge in [-0.1, -0.05) is 63.2 Å². The number of carbonyl (C=O) groups excluding carboxylic acids is 5. The number of sulfonamides is 1. The number of hydrogen-bond donors (Lipinski definition) is 3. The summed E-state index contributed by atoms with van der Waals surface area (Å²) in [5, 5.41) is 6.95. The Labute approximate surface area is 320 Å². The molecular weight excluding hydrogens is 728 g/mol. The molecule has 5 atom stereocenters. The largest absolute Gasteiger partial charge is 0.342 e. The second kappa shape index (κ2) is 14.4. The minimum atomic E-state index is -3.92. The van der Waals surface area contributed by atoms with Crippen molar-refractivity contribution in [3.63, 3.8) is 0 Å². The molecule has 3 heterocycles. The minimum absolute atomic E-state index is 0.00784. The van der Waals surface area contributed by atoms with Crippen molar-refractivity contribution in [1.29, 1.82) is 0 Å². The molecule has 3 N–H and O–H groups in total. The fourth-order valence-electron chi connectivity index (χ4n) is 8.20. The first kappa shape index (κ1) is 38.5. The molecule has 0 spiro atoms. The summed E-state index contributed by atoms with van der Waals surface area (Å²) in [6, 6.07) is 12.7. The van der Waals surface area contributed by atoms with Crippen LogP contribution < -0.4 is 15.4 Å². The number of carbonyl (C=O) groups is 5. The van der Waals surface area contributed by atoms with E-state index in [1.54, 1.807) is 9.47 Å². The molecule has 15 heteroatoms. The van der Waals surface area contributed by atoms with Crippen LogP contribution in [0.25, 0.3) is 21.8 Å². The van der Waals surface area contributed by atoms with Gasteiger partial charge in [-0.2, -0.15) is 0 Å². The quantitative estimate of drug-likeness (QED) is 0.262. The number of benzene rings is 2. The van der Waals surface area contributed by atoms with Gasteiger partial charge in [-0.25, -0.2) is 17.6 Å². The van der Waals surface area contributed by atoms with E-state index in [1.807, 2.05) is 69.3 Å². The first-order valence-corrected chi connectivity index (χ1v) is 20.6. The molecular formula is C40H49FN6O7S. The highest BCUT2D eigenvalue weighted by Crippen LogP contribution is 2.46. The molecule has 0 radical (unpaired) electrons. The molecule has 2 saturated heterocycles. The number of fused-ring (bicyclic) bond motifs is 3. The van der Waals surface area contributed by atoms with Gasteiger partial charge in [0.2, 0.25) is 27.7 Å². The van der Waals surface area contributed by atoms with Crippen LogP contribution in [0.5, 0.6) is 0 Å². The van der Waals surface area contributed by atoms with Crippen LogP contribution in [0.15, 0.2) is 61.2 Å². The summed E-state index contributed by atoms with van der Waals surface area (Å²) >= 11 is 0. The number of halogens is 1. The Morgan fingerprint density at radius 3 is 2.11 bits per heavy atom. The van der Waals surface area contributed by atoms with E-state index in [0.717, 1.165) is 10.8 Å². The third kappa shape index (κ3) is 7.47. The van der Waals surface area contributed by atoms with E-state index in [4.69, 9.17) is 0 Å². The topological polar surface area (TPSA) is 167 Å². The number of amides is 5. The van der Waals surface area contributed by atoms with Crippen molar-refractivity contribution >= 4 is 61.5 Å². The zero-order chi connectivity index (χ0) is 39.4. The lowest BCUT2D eigenvalue weighted by Gasteiger charge is -2.37. The van der Waals surface area contributed by atoms with Crippen molar-refractivity contribution < 1.29 is 36.8 Å². The molecule has 55 heavy (non-hydrogen) atoms. The molecule has 1 aromatic heterocycles. The third-order valence-corrected chi connectivity index (χ3v) is 13.6. The molecule has 294 valence electrons. The smallest absolute Gasteiger partial charge is 0.326 e. The lowest BCUT2D eigenvalue weighted by atomic mass is 9.77. The monoisotopic (exact) mass is 776 g/mol. The van der Waals surface area contributed by atoms with E-state index in [9.17, 15) is 36.8 Å². The van der Waals surface area contributed by atoms with Gasteiger partial charge >= 0.3 is 6.03 Å². The summed E-state index contributed by atoms with van der Waals surface area (Å²) in [5.41, 5.74) is -0.952. The highest BCUT2D eigenvalue weighted by Gasteiger charge is 2.62. The second-order valence-electron chi connectivity index (χ2n) is 16.6. The summed E-state index contributed by atoms with van der Waals surface area (Å²) in [6.07, 6.45) is 1.81. The van der Waals surface area contributed by atoms with Crippen LogP contribution in [0.4, 0.5) is 9.18 Å². The van der Waals surface area contributed by atoms with Gasteiger partial charge in [0.1, 0.15) is 17.8 Å². The second-order valence-corrected chi connectivity index (χ2v) is 18.6. The zero-order valence-electron chi connectivity index (χ0n) is 31.4. The number of alkyl halides is 1. The Morgan fingerprint density at radius 1 is 0.964 bits per heavy atom. The van der Waals surface area contributed by atoms with Crippen LogP contribution in [-0.4, -0.2) is 101 Å². The van der Waals surface area contributed by atoms with Gasteiger partial charge in [0.05, 0.1) is 28.2 Å². The Hall–Kier alpha value is -4.79. The fourth-order valence-corrected chi connectivity index (χ4v) is 9.56. The maximum Gasteiger partial charge on any atom is 0.326 e. The summed E-state index contributed by atoms with van der Waals surface area (Å²) < 4.78 is 43.1. The van der Waals surface area contributed by atoms with E-state index in [-0.39, 0.29) is 57.6 Å². The van der Waals surface area contributed by atoms with Crippen LogP contribution in [-0.2, 0) is 29.2 Å². The fraction of sp³-hybridized carbons (Fsp3) is 0.525. The van der Waals surface area contributed by atoms with E-state index < -0.39 is 80.1 Å². The van der Waals surface area contributed by atoms with Gasteiger partial charge in [0.15, 0.2) is 0 Å². The molecule has 2 aliphatic heterocycles. The number of aromatic nitrogens is 1. The normalized spacial score (nSPS) is 25.1. The minimum Gasteiger partial charge on any atom is -0.342 e. The van der Waals surface area contributed by atoms with Crippen molar-refractivity contribution in [3.05, 3.63) is 61.2 Å². The summed E-state index contributed by atoms with van der Waals surface area (Å²) in [5.74, 6) is -3.73. The van der Waals surface area contributed by atoms with Crippen molar-refractivity contribution in [1.82, 2.24) is 29.7 Å². The van der Waals surface area contributed by atoms with Gasteiger partial charge in [0, 0.05) is 42.7 Å². The van der Waals surface area contributed by atoms with Gasteiger partial charge in [-0.05, 0) is 56.1 Å². The molecule has 2 aliphatic carbocycles. The number of hydrogen-bond acceptors (Lipinski definition) is 7. The first-order valence-electron chi connectivity index (χ1n) is 19.1. The van der Waals surface area contributed by atoms with Crippen molar-refractivity contribution in [2.45, 2.75) is 94.8 Å². The molecule has 2 aromatic carbocycles. The van der Waals surface area contributed by atoms with E-state index in [0.29, 0.717) is 23.9 Å². The lowest BCUT2D eigenvalue weighted by Crippen LogP contribution is -2.57. The predicted octanol–water partition coefficient (Wildman–Crippen LogP) is 4.00. The molecule has 3 aromatic rings. The lowest BCUT2D eigenvalue weighted by molar-refractivity contribution is -0.149. The number of nitrogens with one attached hydrogen (secondary N) is 3. The number of nitrogens with zero attached hydrogens (tertiary/aromatic N) is 3. The predicted molar refractivity (Wildman–Crippen MR) is 205 cm³/mol. The van der Waals surface area contributed by atoms with Crippen LogP contribution in [0.2, 0.25) is 0 Å². The number of likely N-dealkylation sites (tertiary alicyclic amines) is 2. The number of piperidine rings is 1. The molecule has 4 aliphatic rings. The Bertz CT molecular complexity index is 2120. The molecule has 0 bridgehead atoms. The molecule has 4 fully saturated rings. The van der Waals surface area contributed by atoms with Crippen LogP contribution in [0.1, 0.15) is 65.7 Å². The maximum atomic E-state index is 14.7. The third-order valence-electron chi connectivity index (χ3n) is 11.7. The highest BCUT2D eigenvalue weighted by molar-refractivity contribution is 7.91. The van der Waals surface area contributed by atoms with Gasteiger partial charge in [-0.3, -0.25) is 28.5 Å². The standard InChI is InChI=1S/C40H49FN6O7S/c1-5-24-22-40(24,37(51)44-55(53,54)27-14-15-27)43-35(49)33-20-26(42-38(52)47-31-12-8-6-10-28(31)29-11-7-9-13-32(29)47)23-46(33)36(50)30(39(2,3)4)21-34(48)45-18-16-25(41)17-19-45/h5-13,24-27,30,33H,1,14-23H2,2-4H3,(H,42,52)(H,43,49)(H,44,51)/t24?,26-,30-,33+,40?/m1/s1. The van der Waals surface area contributed by atoms with E-state index in [1.165, 1.54) is 11.0 Å². The number of rotatable bonds is 10. The first-order chi connectivity index (χ1) is 26.0. The molecule has 2 saturated carbocycles. The summed E-state index contributed by atoms with van der Waals surface area (Å²) in [6.45, 7) is 9.72. The van der Waals surface area contributed by atoms with Crippen molar-refractivity contribution in [2.75, 3.05) is 19.6 Å². The van der Waals surface area contributed by atoms with Gasteiger partial charge in [-0.15, -0.1) is 6.58 Å². The Kier molecular flexibility index (Phi) is 10.1. The van der Waals surface area contributed by atoms with Crippen molar-refractivity contribution in [2.24, 2.45) is 17.3 Å². The average molecular weight is 777 g/mol. The molecule has 5 amide bonds. The SMILES string of the molecule is C=CC1CC1(NC(=O)[C@@H]1C[C@@H](NC(=O)n2c3ccccc3c3ccccc32)CN1C(=O)[C@@H](CC(=O)N1CCC(F)CC1)C(C)(C)C)C(=O)NS(=O)(=O)C1CC1. The maximum absolute atomic E-state index is 14.7. The van der Waals surface area contributed by atoms with Gasteiger partial charge < -0.3 is 20.4 Å². The van der Waals surface area contributed by atoms with Crippen molar-refractivity contribution in [3.8, 4) is 0 Å². The average Bonchev–Trinajstić information content (AvgIpc) is 4.05. The molecule has 2 unspecified atom stereocenters. The zero-order valence-corrected chi connectivity index (χ0v) is 32.2. The Morgan fingerprint density at radius 2 is 1.56 bits per heavy atom. The van der Waals surface area contributed by atoms with Crippen LogP contribution in [0.3, 0.4) is 0 Å². The summed E-state index contributed by atoms with van der Waals surface area (Å²) in [4.78, 5) is 73.3. The summed E-state index contributed by atoms with van der Waals surface area (Å²) in [7, 11) is -3.92. The van der Waals surface area contributed by atoms with E-state index >= 15 is 0 Å². The van der Waals surface area contributed by atoms with Gasteiger partial charge in [0.25, 0.3) is 5.91 Å². The van der Waals surface area contributed by atoms with E-state index in [2.05, 4.69) is 21.9 Å². The number of para-hydroxylation sites is 2.